The number of carbonyl (C=O) groups is 2. The van der Waals surface area contributed by atoms with Crippen molar-refractivity contribution in [2.24, 2.45) is 5.41 Å². The smallest absolute Gasteiger partial charge is 0.350 e. The highest BCUT2D eigenvalue weighted by Gasteiger charge is 2.36. The Morgan fingerprint density at radius 1 is 1.00 bits per heavy atom. The van der Waals surface area contributed by atoms with E-state index < -0.39 is 29.0 Å². The van der Waals surface area contributed by atoms with Gasteiger partial charge in [-0.2, -0.15) is 13.2 Å². The number of hydrogen-bond acceptors (Lipinski definition) is 3. The largest absolute Gasteiger partial charge is 0.416 e. The van der Waals surface area contributed by atoms with Crippen LogP contribution in [0.2, 0.25) is 0 Å². The molecular formula is C18H18F3N3O2. The van der Waals surface area contributed by atoms with Crippen molar-refractivity contribution in [3.63, 3.8) is 0 Å². The quantitative estimate of drug-likeness (QED) is 0.798. The van der Waals surface area contributed by atoms with Crippen LogP contribution in [0.4, 0.5) is 18.9 Å². The second-order valence-corrected chi connectivity index (χ2v) is 6.16. The van der Waals surface area contributed by atoms with Gasteiger partial charge in [-0.1, -0.05) is 6.07 Å². The molecule has 2 rings (SSSR count). The molecule has 2 N–H and O–H groups in total. The lowest BCUT2D eigenvalue weighted by Gasteiger charge is -2.22. The summed E-state index contributed by atoms with van der Waals surface area (Å²) in [6, 6.07) is 9.26. The monoisotopic (exact) mass is 365 g/mol. The van der Waals surface area contributed by atoms with Gasteiger partial charge in [0.1, 0.15) is 5.41 Å². The Bertz CT molecular complexity index is 773. The van der Waals surface area contributed by atoms with Crippen molar-refractivity contribution in [3.8, 4) is 0 Å². The van der Waals surface area contributed by atoms with Gasteiger partial charge in [0, 0.05) is 11.9 Å². The number of nitrogens with one attached hydrogen (secondary N) is 2. The average molecular weight is 365 g/mol. The molecule has 0 bridgehead atoms. The summed E-state index contributed by atoms with van der Waals surface area (Å²) < 4.78 is 37.7. The van der Waals surface area contributed by atoms with Crippen molar-refractivity contribution in [1.29, 1.82) is 0 Å². The van der Waals surface area contributed by atoms with E-state index in [4.69, 9.17) is 0 Å². The zero-order valence-corrected chi connectivity index (χ0v) is 14.2. The number of aromatic nitrogens is 1. The first kappa shape index (κ1) is 19.4. The fourth-order valence-corrected chi connectivity index (χ4v) is 2.03. The highest BCUT2D eigenvalue weighted by atomic mass is 19.4. The molecule has 138 valence electrons. The second kappa shape index (κ2) is 7.55. The molecule has 0 unspecified atom stereocenters. The molecule has 1 aromatic carbocycles. The molecule has 0 aliphatic carbocycles. The van der Waals surface area contributed by atoms with Gasteiger partial charge in [-0.15, -0.1) is 0 Å². The van der Waals surface area contributed by atoms with Crippen LogP contribution >= 0.6 is 0 Å². The molecule has 0 saturated heterocycles. The van der Waals surface area contributed by atoms with Crippen LogP contribution in [-0.4, -0.2) is 16.8 Å². The van der Waals surface area contributed by atoms with Gasteiger partial charge in [-0.3, -0.25) is 14.6 Å². The molecule has 1 aromatic heterocycles. The van der Waals surface area contributed by atoms with Crippen molar-refractivity contribution in [1.82, 2.24) is 10.3 Å². The SMILES string of the molecule is CC(C)(C(=O)NCc1ccccn1)C(=O)Nc1ccc(C(F)(F)F)cc1. The third-order valence-electron chi connectivity index (χ3n) is 3.76. The summed E-state index contributed by atoms with van der Waals surface area (Å²) in [7, 11) is 0. The summed E-state index contributed by atoms with van der Waals surface area (Å²) in [6.07, 6.45) is -2.86. The molecule has 0 spiro atoms. The second-order valence-electron chi connectivity index (χ2n) is 6.16. The summed E-state index contributed by atoms with van der Waals surface area (Å²) >= 11 is 0. The lowest BCUT2D eigenvalue weighted by molar-refractivity contribution is -0.139. The van der Waals surface area contributed by atoms with Gasteiger partial charge >= 0.3 is 6.18 Å². The van der Waals surface area contributed by atoms with Crippen LogP contribution in [0, 0.1) is 5.41 Å². The van der Waals surface area contributed by atoms with Crippen LogP contribution in [0.1, 0.15) is 25.1 Å². The molecule has 2 aromatic rings. The van der Waals surface area contributed by atoms with Crippen LogP contribution in [0.3, 0.4) is 0 Å². The summed E-state index contributed by atoms with van der Waals surface area (Å²) in [5, 5.41) is 5.08. The third-order valence-corrected chi connectivity index (χ3v) is 3.76. The van der Waals surface area contributed by atoms with E-state index in [1.807, 2.05) is 0 Å². The van der Waals surface area contributed by atoms with Crippen LogP contribution in [-0.2, 0) is 22.3 Å². The van der Waals surface area contributed by atoms with Gasteiger partial charge in [-0.25, -0.2) is 0 Å². The van der Waals surface area contributed by atoms with E-state index in [1.165, 1.54) is 13.8 Å². The van der Waals surface area contributed by atoms with Crippen LogP contribution in [0.15, 0.2) is 48.7 Å². The zero-order chi connectivity index (χ0) is 19.4. The van der Waals surface area contributed by atoms with E-state index in [2.05, 4.69) is 15.6 Å². The lowest BCUT2D eigenvalue weighted by Crippen LogP contribution is -2.44. The number of nitrogens with zero attached hydrogens (tertiary/aromatic N) is 1. The number of carbonyl (C=O) groups excluding carboxylic acids is 2. The van der Waals surface area contributed by atoms with E-state index in [0.717, 1.165) is 24.3 Å². The van der Waals surface area contributed by atoms with Gasteiger partial charge in [0.05, 0.1) is 17.8 Å². The average Bonchev–Trinajstić information content (AvgIpc) is 2.60. The number of amides is 2. The van der Waals surface area contributed by atoms with Crippen molar-refractivity contribution in [2.75, 3.05) is 5.32 Å². The number of alkyl halides is 3. The molecule has 0 saturated carbocycles. The Balaban J connectivity index is 1.99. The summed E-state index contributed by atoms with van der Waals surface area (Å²) in [6.45, 7) is 3.02. The number of anilines is 1. The fraction of sp³-hybridized carbons (Fsp3) is 0.278. The number of pyridine rings is 1. The maximum absolute atomic E-state index is 12.6. The van der Waals surface area contributed by atoms with Crippen LogP contribution < -0.4 is 10.6 Å². The highest BCUT2D eigenvalue weighted by molar-refractivity contribution is 6.09. The lowest BCUT2D eigenvalue weighted by atomic mass is 9.91. The van der Waals surface area contributed by atoms with E-state index in [1.54, 1.807) is 24.4 Å². The first-order chi connectivity index (χ1) is 12.1. The maximum Gasteiger partial charge on any atom is 0.416 e. The standard InChI is InChI=1S/C18H18F3N3O2/c1-17(2,15(25)23-11-14-5-3-4-10-22-14)16(26)24-13-8-6-12(7-9-13)18(19,20)21/h3-10H,11H2,1-2H3,(H,23,25)(H,24,26). The summed E-state index contributed by atoms with van der Waals surface area (Å²) in [5.41, 5.74) is -1.42. The fourth-order valence-electron chi connectivity index (χ4n) is 2.03. The van der Waals surface area contributed by atoms with Crippen molar-refractivity contribution >= 4 is 17.5 Å². The van der Waals surface area contributed by atoms with Crippen molar-refractivity contribution < 1.29 is 22.8 Å². The Kier molecular flexibility index (Phi) is 5.64. The van der Waals surface area contributed by atoms with E-state index in [0.29, 0.717) is 5.69 Å². The molecule has 0 atom stereocenters. The molecule has 0 radical (unpaired) electrons. The highest BCUT2D eigenvalue weighted by Crippen LogP contribution is 2.30. The number of benzene rings is 1. The predicted molar refractivity (Wildman–Crippen MR) is 89.9 cm³/mol. The van der Waals surface area contributed by atoms with Gasteiger partial charge in [0.2, 0.25) is 11.8 Å². The topological polar surface area (TPSA) is 71.1 Å². The van der Waals surface area contributed by atoms with Gasteiger partial charge < -0.3 is 10.6 Å². The Morgan fingerprint density at radius 2 is 1.65 bits per heavy atom. The Morgan fingerprint density at radius 3 is 2.19 bits per heavy atom. The molecule has 26 heavy (non-hydrogen) atoms. The van der Waals surface area contributed by atoms with Gasteiger partial charge in [0.25, 0.3) is 0 Å². The van der Waals surface area contributed by atoms with Crippen LogP contribution in [0.25, 0.3) is 0 Å². The Labute approximate surface area is 148 Å². The predicted octanol–water partition coefficient (Wildman–Crippen LogP) is 3.38. The first-order valence-corrected chi connectivity index (χ1v) is 7.77. The molecule has 0 fully saturated rings. The van der Waals surface area contributed by atoms with E-state index in [-0.39, 0.29) is 12.2 Å². The minimum Gasteiger partial charge on any atom is -0.350 e. The molecule has 2 amide bonds. The third kappa shape index (κ3) is 4.81. The van der Waals surface area contributed by atoms with E-state index in [9.17, 15) is 22.8 Å². The Hall–Kier alpha value is -2.90. The van der Waals surface area contributed by atoms with Crippen LogP contribution in [0.5, 0.6) is 0 Å². The molecule has 0 aliphatic rings. The summed E-state index contributed by atoms with van der Waals surface area (Å²) in [4.78, 5) is 28.7. The molecule has 8 heteroatoms. The molecule has 1 heterocycles. The number of hydrogen-bond donors (Lipinski definition) is 2. The molecule has 5 nitrogen and oxygen atoms in total. The normalized spacial score (nSPS) is 11.7. The molecule has 0 aliphatic heterocycles. The molecular weight excluding hydrogens is 347 g/mol. The van der Waals surface area contributed by atoms with Crippen molar-refractivity contribution in [2.45, 2.75) is 26.6 Å². The van der Waals surface area contributed by atoms with Crippen molar-refractivity contribution in [3.05, 3.63) is 59.9 Å². The zero-order valence-electron chi connectivity index (χ0n) is 14.2. The minimum absolute atomic E-state index is 0.163. The number of halogens is 3. The number of rotatable bonds is 5. The van der Waals surface area contributed by atoms with Gasteiger partial charge in [0.15, 0.2) is 0 Å². The first-order valence-electron chi connectivity index (χ1n) is 7.77. The maximum atomic E-state index is 12.6. The minimum atomic E-state index is -4.45. The van der Waals surface area contributed by atoms with Gasteiger partial charge in [-0.05, 0) is 50.2 Å². The summed E-state index contributed by atoms with van der Waals surface area (Å²) in [5.74, 6) is -1.15. The van der Waals surface area contributed by atoms with E-state index >= 15 is 0 Å².